The third-order valence-electron chi connectivity index (χ3n) is 5.61. The van der Waals surface area contributed by atoms with Gasteiger partial charge in [-0.15, -0.1) is 4.36 Å². The molecule has 2 heterocycles. The van der Waals surface area contributed by atoms with E-state index in [1.807, 2.05) is 0 Å². The highest BCUT2D eigenvalue weighted by molar-refractivity contribution is 7.91. The van der Waals surface area contributed by atoms with Gasteiger partial charge in [-0.05, 0) is 53.9 Å². The number of amides is 2. The lowest BCUT2D eigenvalue weighted by Gasteiger charge is -2.31. The van der Waals surface area contributed by atoms with E-state index in [4.69, 9.17) is 9.88 Å². The van der Waals surface area contributed by atoms with Crippen LogP contribution in [0.1, 0.15) is 41.5 Å². The number of aryl methyl sites for hydroxylation is 1. The normalized spacial score (nSPS) is 21.3. The zero-order valence-electron chi connectivity index (χ0n) is 15.0. The average molecular weight is 387 g/mol. The molecular weight excluding hydrogens is 366 g/mol. The van der Waals surface area contributed by atoms with Gasteiger partial charge < -0.3 is 10.1 Å². The number of ether oxygens (including phenoxy) is 1. The fourth-order valence-corrected chi connectivity index (χ4v) is 5.39. The van der Waals surface area contributed by atoms with Crippen LogP contribution in [0.2, 0.25) is 0 Å². The molecule has 1 aromatic heterocycles. The highest BCUT2D eigenvalue weighted by Gasteiger charge is 2.32. The van der Waals surface area contributed by atoms with Crippen LogP contribution in [0, 0.1) is 0 Å². The summed E-state index contributed by atoms with van der Waals surface area (Å²) in [5.74, 6) is 0.730. The standard InChI is InChI=1S/C18H21N5O3S/c1-10-7-12-8-11-3-2-4-13(11)16(15(10)12)21-18(24)22-27(19,25)14-9-20-23-5-6-26-17(14)23/h8-10H,2-7H2,1H3,(H3,19,21,22,24,25)/t10-,27?/m0/s1. The lowest BCUT2D eigenvalue weighted by atomic mass is 9.75. The van der Waals surface area contributed by atoms with Gasteiger partial charge in [0.05, 0.1) is 12.7 Å². The van der Waals surface area contributed by atoms with Crippen molar-refractivity contribution in [2.24, 2.45) is 9.50 Å². The fourth-order valence-electron chi connectivity index (χ4n) is 4.39. The minimum atomic E-state index is -3.44. The van der Waals surface area contributed by atoms with Gasteiger partial charge in [0, 0.05) is 5.69 Å². The Labute approximate surface area is 157 Å². The summed E-state index contributed by atoms with van der Waals surface area (Å²) in [5, 5.41) is 12.9. The van der Waals surface area contributed by atoms with E-state index >= 15 is 0 Å². The number of rotatable bonds is 2. The van der Waals surface area contributed by atoms with Gasteiger partial charge in [0.2, 0.25) is 5.88 Å². The van der Waals surface area contributed by atoms with Gasteiger partial charge in [-0.2, -0.15) is 5.10 Å². The van der Waals surface area contributed by atoms with Crippen LogP contribution in [0.4, 0.5) is 10.5 Å². The molecule has 0 saturated heterocycles. The molecular formula is C18H21N5O3S. The smallest absolute Gasteiger partial charge is 0.354 e. The Morgan fingerprint density at radius 1 is 1.44 bits per heavy atom. The molecule has 2 amide bonds. The maximum atomic E-state index is 12.9. The number of nitrogens with one attached hydrogen (secondary N) is 1. The van der Waals surface area contributed by atoms with Crippen LogP contribution >= 0.6 is 0 Å². The van der Waals surface area contributed by atoms with Crippen LogP contribution < -0.4 is 15.2 Å². The predicted octanol–water partition coefficient (Wildman–Crippen LogP) is 2.36. The van der Waals surface area contributed by atoms with Crippen molar-refractivity contribution in [3.05, 3.63) is 34.5 Å². The molecule has 5 rings (SSSR count). The molecule has 8 nitrogen and oxygen atoms in total. The van der Waals surface area contributed by atoms with Gasteiger partial charge in [-0.1, -0.05) is 13.0 Å². The predicted molar refractivity (Wildman–Crippen MR) is 100 cm³/mol. The second-order valence-electron chi connectivity index (χ2n) is 7.40. The van der Waals surface area contributed by atoms with Crippen LogP contribution in [0.25, 0.3) is 0 Å². The summed E-state index contributed by atoms with van der Waals surface area (Å²) >= 11 is 0. The summed E-state index contributed by atoms with van der Waals surface area (Å²) in [7, 11) is -3.44. The molecule has 1 aromatic carbocycles. The van der Waals surface area contributed by atoms with E-state index in [1.54, 1.807) is 4.68 Å². The number of carbonyl (C=O) groups is 1. The van der Waals surface area contributed by atoms with E-state index in [-0.39, 0.29) is 4.90 Å². The molecule has 0 saturated carbocycles. The zero-order valence-corrected chi connectivity index (χ0v) is 15.8. The number of anilines is 1. The molecule has 0 spiro atoms. The summed E-state index contributed by atoms with van der Waals surface area (Å²) in [6.45, 7) is 3.16. The Hall–Kier alpha value is -2.39. The molecule has 3 aliphatic rings. The minimum Gasteiger partial charge on any atom is -0.475 e. The summed E-state index contributed by atoms with van der Waals surface area (Å²) in [4.78, 5) is 12.8. The first kappa shape index (κ1) is 16.8. The first-order valence-electron chi connectivity index (χ1n) is 9.16. The quantitative estimate of drug-likeness (QED) is 0.824. The van der Waals surface area contributed by atoms with Crippen molar-refractivity contribution in [1.29, 1.82) is 0 Å². The molecule has 2 atom stereocenters. The van der Waals surface area contributed by atoms with Crippen molar-refractivity contribution < 1.29 is 13.7 Å². The van der Waals surface area contributed by atoms with Crippen LogP contribution in [-0.4, -0.2) is 26.6 Å². The van der Waals surface area contributed by atoms with Crippen molar-refractivity contribution >= 4 is 21.6 Å². The molecule has 9 heteroatoms. The Balaban J connectivity index is 1.50. The second kappa shape index (κ2) is 5.80. The zero-order chi connectivity index (χ0) is 18.8. The lowest BCUT2D eigenvalue weighted by Crippen LogP contribution is -2.23. The number of hydrogen-bond acceptors (Lipinski definition) is 4. The van der Waals surface area contributed by atoms with Crippen LogP contribution in [-0.2, 0) is 35.7 Å². The molecule has 27 heavy (non-hydrogen) atoms. The number of aromatic nitrogens is 2. The molecule has 0 bridgehead atoms. The van der Waals surface area contributed by atoms with Gasteiger partial charge >= 0.3 is 6.03 Å². The molecule has 2 aromatic rings. The average Bonchev–Trinajstić information content (AvgIpc) is 3.29. The number of fused-ring (bicyclic) bond motifs is 3. The number of nitrogens with zero attached hydrogens (tertiary/aromatic N) is 3. The maximum absolute atomic E-state index is 12.9. The summed E-state index contributed by atoms with van der Waals surface area (Å²) < 4.78 is 23.7. The lowest BCUT2D eigenvalue weighted by molar-refractivity contribution is 0.260. The van der Waals surface area contributed by atoms with Crippen molar-refractivity contribution in [3.8, 4) is 5.88 Å². The van der Waals surface area contributed by atoms with Crippen molar-refractivity contribution in [2.75, 3.05) is 11.9 Å². The number of benzene rings is 1. The largest absolute Gasteiger partial charge is 0.475 e. The summed E-state index contributed by atoms with van der Waals surface area (Å²) in [5.41, 5.74) is 5.79. The summed E-state index contributed by atoms with van der Waals surface area (Å²) in [6.07, 6.45) is 5.44. The first-order valence-corrected chi connectivity index (χ1v) is 10.7. The van der Waals surface area contributed by atoms with E-state index in [2.05, 4.69) is 27.8 Å². The van der Waals surface area contributed by atoms with Gasteiger partial charge in [0.25, 0.3) is 0 Å². The number of carbonyl (C=O) groups excluding carboxylic acids is 1. The van der Waals surface area contributed by atoms with Crippen molar-refractivity contribution in [1.82, 2.24) is 9.78 Å². The highest BCUT2D eigenvalue weighted by Crippen LogP contribution is 2.45. The Bertz CT molecular complexity index is 1090. The van der Waals surface area contributed by atoms with Crippen molar-refractivity contribution in [3.63, 3.8) is 0 Å². The van der Waals surface area contributed by atoms with Crippen LogP contribution in [0.5, 0.6) is 5.88 Å². The van der Waals surface area contributed by atoms with Gasteiger partial charge in [-0.25, -0.2) is 18.8 Å². The molecule has 3 N–H and O–H groups in total. The summed E-state index contributed by atoms with van der Waals surface area (Å²) in [6, 6.07) is 1.58. The van der Waals surface area contributed by atoms with E-state index in [1.165, 1.54) is 28.5 Å². The third kappa shape index (κ3) is 2.56. The molecule has 1 unspecified atom stereocenters. The monoisotopic (exact) mass is 387 g/mol. The van der Waals surface area contributed by atoms with Crippen LogP contribution in [0.3, 0.4) is 0 Å². The highest BCUT2D eigenvalue weighted by atomic mass is 32.2. The molecule has 0 radical (unpaired) electrons. The molecule has 1 aliphatic heterocycles. The van der Waals surface area contributed by atoms with Gasteiger partial charge in [-0.3, -0.25) is 0 Å². The molecule has 0 fully saturated rings. The Kier molecular flexibility index (Phi) is 3.60. The van der Waals surface area contributed by atoms with Gasteiger partial charge in [0.1, 0.15) is 11.5 Å². The topological polar surface area (TPSA) is 112 Å². The van der Waals surface area contributed by atoms with E-state index < -0.39 is 15.9 Å². The second-order valence-corrected chi connectivity index (χ2v) is 9.16. The fraction of sp³-hybridized carbons (Fsp3) is 0.444. The molecule has 2 aliphatic carbocycles. The van der Waals surface area contributed by atoms with Gasteiger partial charge in [0.15, 0.2) is 9.92 Å². The first-order chi connectivity index (χ1) is 12.9. The number of nitrogens with two attached hydrogens (primary N) is 1. The molecule has 142 valence electrons. The third-order valence-corrected chi connectivity index (χ3v) is 6.96. The van der Waals surface area contributed by atoms with Crippen LogP contribution in [0.15, 0.2) is 21.5 Å². The number of urea groups is 1. The maximum Gasteiger partial charge on any atom is 0.354 e. The number of hydrogen-bond donors (Lipinski definition) is 2. The van der Waals surface area contributed by atoms with E-state index in [9.17, 15) is 9.00 Å². The van der Waals surface area contributed by atoms with Crippen molar-refractivity contribution in [2.45, 2.75) is 50.0 Å². The van der Waals surface area contributed by atoms with E-state index in [0.29, 0.717) is 24.9 Å². The Morgan fingerprint density at radius 3 is 3.11 bits per heavy atom. The Morgan fingerprint density at radius 2 is 2.30 bits per heavy atom. The van der Waals surface area contributed by atoms with E-state index in [0.717, 1.165) is 31.4 Å². The SMILES string of the molecule is C[C@H]1Cc2cc3c(c(NC(=O)N=S(N)(=O)c4cnn5c4OCC5)c21)CCC3. The minimum absolute atomic E-state index is 0.162.